The largest absolute Gasteiger partial charge is 0.394 e. The number of benzene rings is 1. The lowest BCUT2D eigenvalue weighted by molar-refractivity contribution is 0.136. The molecule has 1 saturated carbocycles. The van der Waals surface area contributed by atoms with Gasteiger partial charge in [-0.3, -0.25) is 0 Å². The van der Waals surface area contributed by atoms with E-state index < -0.39 is 0 Å². The molecule has 1 aromatic carbocycles. The van der Waals surface area contributed by atoms with E-state index >= 15 is 0 Å². The van der Waals surface area contributed by atoms with Gasteiger partial charge in [0, 0.05) is 0 Å². The van der Waals surface area contributed by atoms with Crippen molar-refractivity contribution >= 4 is 0 Å². The number of fused-ring (bicyclic) bond motifs is 1. The SMILES string of the molecule is CC1CCC(CO)(NCC2CC2)c2ccccc21. The normalized spacial score (nSPS) is 31.1. The molecule has 1 fully saturated rings. The Balaban J connectivity index is 1.91. The Hall–Kier alpha value is -0.860. The third kappa shape index (κ3) is 2.08. The van der Waals surface area contributed by atoms with Crippen LogP contribution in [0.3, 0.4) is 0 Å². The van der Waals surface area contributed by atoms with Crippen LogP contribution in [0.1, 0.15) is 49.7 Å². The second-order valence-corrected chi connectivity index (χ2v) is 6.09. The van der Waals surface area contributed by atoms with Gasteiger partial charge >= 0.3 is 0 Å². The summed E-state index contributed by atoms with van der Waals surface area (Å²) in [5, 5.41) is 13.6. The molecule has 0 bridgehead atoms. The number of nitrogens with one attached hydrogen (secondary N) is 1. The predicted octanol–water partition coefficient (Wildman–Crippen LogP) is 2.77. The molecule has 0 saturated heterocycles. The second-order valence-electron chi connectivity index (χ2n) is 6.09. The molecule has 0 spiro atoms. The lowest BCUT2D eigenvalue weighted by Crippen LogP contribution is -2.49. The molecule has 98 valence electrons. The summed E-state index contributed by atoms with van der Waals surface area (Å²) in [6, 6.07) is 8.63. The maximum Gasteiger partial charge on any atom is 0.0672 e. The Morgan fingerprint density at radius 2 is 2.06 bits per heavy atom. The molecule has 2 N–H and O–H groups in total. The van der Waals surface area contributed by atoms with Crippen molar-refractivity contribution in [2.45, 2.75) is 44.1 Å². The van der Waals surface area contributed by atoms with Crippen molar-refractivity contribution in [1.29, 1.82) is 0 Å². The lowest BCUT2D eigenvalue weighted by atomic mass is 9.72. The predicted molar refractivity (Wildman–Crippen MR) is 73.6 cm³/mol. The third-order valence-corrected chi connectivity index (χ3v) is 4.71. The quantitative estimate of drug-likeness (QED) is 0.855. The number of hydrogen-bond acceptors (Lipinski definition) is 2. The Bertz CT molecular complexity index is 427. The maximum atomic E-state index is 9.95. The van der Waals surface area contributed by atoms with Crippen molar-refractivity contribution < 1.29 is 5.11 Å². The molecule has 0 radical (unpaired) electrons. The Morgan fingerprint density at radius 3 is 2.78 bits per heavy atom. The van der Waals surface area contributed by atoms with E-state index in [-0.39, 0.29) is 12.1 Å². The van der Waals surface area contributed by atoms with Crippen LogP contribution >= 0.6 is 0 Å². The van der Waals surface area contributed by atoms with Crippen molar-refractivity contribution in [3.8, 4) is 0 Å². The van der Waals surface area contributed by atoms with Crippen molar-refractivity contribution in [1.82, 2.24) is 5.32 Å². The maximum absolute atomic E-state index is 9.95. The second kappa shape index (κ2) is 4.67. The van der Waals surface area contributed by atoms with E-state index in [1.54, 1.807) is 0 Å². The van der Waals surface area contributed by atoms with E-state index in [4.69, 9.17) is 0 Å². The highest BCUT2D eigenvalue weighted by Crippen LogP contribution is 2.41. The van der Waals surface area contributed by atoms with Crippen LogP contribution in [0.4, 0.5) is 0 Å². The van der Waals surface area contributed by atoms with Gasteiger partial charge in [0.25, 0.3) is 0 Å². The average Bonchev–Trinajstić information content (AvgIpc) is 3.23. The van der Waals surface area contributed by atoms with Crippen LogP contribution in [-0.2, 0) is 5.54 Å². The van der Waals surface area contributed by atoms with Gasteiger partial charge in [-0.25, -0.2) is 0 Å². The van der Waals surface area contributed by atoms with Crippen LogP contribution in [0.5, 0.6) is 0 Å². The van der Waals surface area contributed by atoms with Crippen LogP contribution in [0.25, 0.3) is 0 Å². The van der Waals surface area contributed by atoms with E-state index in [2.05, 4.69) is 36.5 Å². The fourth-order valence-corrected chi connectivity index (χ4v) is 3.18. The Labute approximate surface area is 109 Å². The average molecular weight is 245 g/mol. The smallest absolute Gasteiger partial charge is 0.0672 e. The fraction of sp³-hybridized carbons (Fsp3) is 0.625. The highest BCUT2D eigenvalue weighted by molar-refractivity contribution is 5.38. The molecule has 0 aromatic heterocycles. The van der Waals surface area contributed by atoms with E-state index in [1.165, 1.54) is 24.0 Å². The summed E-state index contributed by atoms with van der Waals surface area (Å²) in [4.78, 5) is 0. The third-order valence-electron chi connectivity index (χ3n) is 4.71. The Kier molecular flexibility index (Phi) is 3.16. The van der Waals surface area contributed by atoms with Gasteiger partial charge in [0.15, 0.2) is 0 Å². The molecular weight excluding hydrogens is 222 g/mol. The first kappa shape index (κ1) is 12.2. The van der Waals surface area contributed by atoms with E-state index in [1.807, 2.05) is 0 Å². The van der Waals surface area contributed by atoms with Crippen molar-refractivity contribution in [2.75, 3.05) is 13.2 Å². The van der Waals surface area contributed by atoms with Gasteiger partial charge in [-0.1, -0.05) is 31.2 Å². The van der Waals surface area contributed by atoms with E-state index in [0.29, 0.717) is 5.92 Å². The summed E-state index contributed by atoms with van der Waals surface area (Å²) in [5.74, 6) is 1.46. The fourth-order valence-electron chi connectivity index (χ4n) is 3.18. The monoisotopic (exact) mass is 245 g/mol. The molecule has 2 atom stereocenters. The van der Waals surface area contributed by atoms with Gasteiger partial charge in [-0.15, -0.1) is 0 Å². The van der Waals surface area contributed by atoms with Crippen molar-refractivity contribution in [3.63, 3.8) is 0 Å². The molecule has 0 amide bonds. The van der Waals surface area contributed by atoms with Gasteiger partial charge < -0.3 is 10.4 Å². The van der Waals surface area contributed by atoms with E-state index in [0.717, 1.165) is 25.3 Å². The molecule has 2 unspecified atom stereocenters. The molecule has 0 heterocycles. The molecule has 18 heavy (non-hydrogen) atoms. The zero-order valence-corrected chi connectivity index (χ0v) is 11.2. The summed E-state index contributed by atoms with van der Waals surface area (Å²) < 4.78 is 0. The molecule has 2 nitrogen and oxygen atoms in total. The number of aliphatic hydroxyl groups is 1. The van der Waals surface area contributed by atoms with Crippen LogP contribution in [-0.4, -0.2) is 18.3 Å². The summed E-state index contributed by atoms with van der Waals surface area (Å²) in [7, 11) is 0. The van der Waals surface area contributed by atoms with Gasteiger partial charge in [0.2, 0.25) is 0 Å². The van der Waals surface area contributed by atoms with Gasteiger partial charge in [0.1, 0.15) is 0 Å². The van der Waals surface area contributed by atoms with Crippen LogP contribution in [0.15, 0.2) is 24.3 Å². The highest BCUT2D eigenvalue weighted by atomic mass is 16.3. The number of hydrogen-bond donors (Lipinski definition) is 2. The molecule has 2 aliphatic carbocycles. The van der Waals surface area contributed by atoms with Gasteiger partial charge in [-0.05, 0) is 55.2 Å². The van der Waals surface area contributed by atoms with Gasteiger partial charge in [0.05, 0.1) is 12.1 Å². The van der Waals surface area contributed by atoms with Crippen LogP contribution < -0.4 is 5.32 Å². The molecule has 1 aromatic rings. The standard InChI is InChI=1S/C16H23NO/c1-12-8-9-16(11-18,17-10-13-6-7-13)15-5-3-2-4-14(12)15/h2-5,12-13,17-18H,6-11H2,1H3. The van der Waals surface area contributed by atoms with Gasteiger partial charge in [-0.2, -0.15) is 0 Å². The van der Waals surface area contributed by atoms with Crippen LogP contribution in [0.2, 0.25) is 0 Å². The number of rotatable bonds is 4. The molecule has 2 heteroatoms. The first-order valence-electron chi connectivity index (χ1n) is 7.20. The topological polar surface area (TPSA) is 32.3 Å². The first-order chi connectivity index (χ1) is 8.75. The van der Waals surface area contributed by atoms with Crippen molar-refractivity contribution in [2.24, 2.45) is 5.92 Å². The molecular formula is C16H23NO. The lowest BCUT2D eigenvalue weighted by Gasteiger charge is -2.41. The molecule has 2 aliphatic rings. The zero-order chi connectivity index (χ0) is 12.6. The minimum absolute atomic E-state index is 0.189. The minimum Gasteiger partial charge on any atom is -0.394 e. The highest BCUT2D eigenvalue weighted by Gasteiger charge is 2.38. The van der Waals surface area contributed by atoms with Crippen molar-refractivity contribution in [3.05, 3.63) is 35.4 Å². The first-order valence-corrected chi connectivity index (χ1v) is 7.20. The zero-order valence-electron chi connectivity index (χ0n) is 11.2. The summed E-state index contributed by atoms with van der Waals surface area (Å²) in [6.45, 7) is 3.56. The molecule has 3 rings (SSSR count). The Morgan fingerprint density at radius 1 is 1.28 bits per heavy atom. The molecule has 0 aliphatic heterocycles. The number of aliphatic hydroxyl groups excluding tert-OH is 1. The summed E-state index contributed by atoms with van der Waals surface area (Å²) >= 11 is 0. The van der Waals surface area contributed by atoms with Crippen LogP contribution in [0, 0.1) is 5.92 Å². The minimum atomic E-state index is -0.189. The summed E-state index contributed by atoms with van der Waals surface area (Å²) in [6.07, 6.45) is 4.92. The van der Waals surface area contributed by atoms with E-state index in [9.17, 15) is 5.11 Å². The summed E-state index contributed by atoms with van der Waals surface area (Å²) in [5.41, 5.74) is 2.55.